The highest BCUT2D eigenvalue weighted by Gasteiger charge is 2.07. The van der Waals surface area contributed by atoms with Gasteiger partial charge in [0.1, 0.15) is 17.6 Å². The molecule has 5 heteroatoms. The maximum Gasteiger partial charge on any atom is 0.142 e. The Kier molecular flexibility index (Phi) is 5.50. The summed E-state index contributed by atoms with van der Waals surface area (Å²) in [4.78, 5) is 6.14. The third kappa shape index (κ3) is 4.10. The van der Waals surface area contributed by atoms with Gasteiger partial charge in [0.05, 0.1) is 19.1 Å². The predicted octanol–water partition coefficient (Wildman–Crippen LogP) is 1.32. The Morgan fingerprint density at radius 3 is 2.82 bits per heavy atom. The number of nitriles is 2. The summed E-state index contributed by atoms with van der Waals surface area (Å²) in [5, 5.41) is 17.4. The first-order valence-electron chi connectivity index (χ1n) is 5.29. The minimum absolute atomic E-state index is 0.377. The number of nitrogens with zero attached hydrogens (tertiary/aromatic N) is 4. The van der Waals surface area contributed by atoms with E-state index >= 15 is 0 Å². The first-order chi connectivity index (χ1) is 8.31. The summed E-state index contributed by atoms with van der Waals surface area (Å²) < 4.78 is 5.01. The van der Waals surface area contributed by atoms with E-state index in [0.717, 1.165) is 0 Å². The fourth-order valence-electron chi connectivity index (χ4n) is 1.39. The maximum absolute atomic E-state index is 8.79. The van der Waals surface area contributed by atoms with Crippen LogP contribution in [0.25, 0.3) is 0 Å². The molecule has 0 bridgehead atoms. The van der Waals surface area contributed by atoms with E-state index in [9.17, 15) is 0 Å². The number of ether oxygens (including phenoxy) is 1. The van der Waals surface area contributed by atoms with Crippen LogP contribution in [0.4, 0.5) is 5.82 Å². The van der Waals surface area contributed by atoms with Gasteiger partial charge in [-0.25, -0.2) is 4.98 Å². The molecule has 0 atom stereocenters. The second kappa shape index (κ2) is 7.21. The number of rotatable bonds is 6. The zero-order chi connectivity index (χ0) is 12.5. The van der Waals surface area contributed by atoms with Gasteiger partial charge >= 0.3 is 0 Å². The van der Waals surface area contributed by atoms with E-state index < -0.39 is 0 Å². The van der Waals surface area contributed by atoms with E-state index in [1.807, 2.05) is 17.0 Å². The zero-order valence-electron chi connectivity index (χ0n) is 9.76. The lowest BCUT2D eigenvalue weighted by Crippen LogP contribution is -2.29. The molecule has 5 nitrogen and oxygen atoms in total. The van der Waals surface area contributed by atoms with Gasteiger partial charge in [-0.15, -0.1) is 0 Å². The Morgan fingerprint density at radius 2 is 2.18 bits per heavy atom. The molecule has 0 N–H and O–H groups in total. The van der Waals surface area contributed by atoms with Gasteiger partial charge in [0.15, 0.2) is 0 Å². The Hall–Kier alpha value is -2.11. The van der Waals surface area contributed by atoms with Crippen molar-refractivity contribution < 1.29 is 4.74 Å². The first kappa shape index (κ1) is 13.0. The number of anilines is 1. The molecule has 0 unspecified atom stereocenters. The van der Waals surface area contributed by atoms with E-state index in [4.69, 9.17) is 15.3 Å². The molecule has 1 heterocycles. The van der Waals surface area contributed by atoms with Gasteiger partial charge in [-0.3, -0.25) is 0 Å². The summed E-state index contributed by atoms with van der Waals surface area (Å²) in [6.45, 7) is 1.80. The molecule has 0 saturated carbocycles. The molecule has 0 fully saturated rings. The van der Waals surface area contributed by atoms with Crippen molar-refractivity contribution in [3.05, 3.63) is 23.9 Å². The Morgan fingerprint density at radius 1 is 1.35 bits per heavy atom. The number of hydrogen-bond donors (Lipinski definition) is 0. The van der Waals surface area contributed by atoms with Crippen molar-refractivity contribution >= 4 is 5.82 Å². The number of pyridine rings is 1. The highest BCUT2D eigenvalue weighted by Crippen LogP contribution is 2.11. The van der Waals surface area contributed by atoms with Gasteiger partial charge < -0.3 is 9.64 Å². The van der Waals surface area contributed by atoms with Gasteiger partial charge in [0, 0.05) is 20.2 Å². The molecule has 1 rings (SSSR count). The molecule has 88 valence electrons. The quantitative estimate of drug-likeness (QED) is 0.736. The van der Waals surface area contributed by atoms with E-state index in [2.05, 4.69) is 11.1 Å². The normalized spacial score (nSPS) is 9.35. The van der Waals surface area contributed by atoms with Gasteiger partial charge in [-0.2, -0.15) is 10.5 Å². The molecule has 0 amide bonds. The second-order valence-corrected chi connectivity index (χ2v) is 3.38. The molecular formula is C12H14N4O. The summed E-state index contributed by atoms with van der Waals surface area (Å²) in [7, 11) is 1.63. The van der Waals surface area contributed by atoms with Crippen molar-refractivity contribution in [2.45, 2.75) is 6.42 Å². The molecule has 0 aliphatic rings. The average molecular weight is 230 g/mol. The topological polar surface area (TPSA) is 72.9 Å². The summed E-state index contributed by atoms with van der Waals surface area (Å²) in [6.07, 6.45) is 0.419. The maximum atomic E-state index is 8.79. The molecule has 0 aliphatic heterocycles. The third-order valence-electron chi connectivity index (χ3n) is 2.23. The summed E-state index contributed by atoms with van der Waals surface area (Å²) in [5.41, 5.74) is 0.377. The van der Waals surface area contributed by atoms with Crippen molar-refractivity contribution in [2.75, 3.05) is 31.7 Å². The predicted molar refractivity (Wildman–Crippen MR) is 63.3 cm³/mol. The fourth-order valence-corrected chi connectivity index (χ4v) is 1.39. The molecule has 0 spiro atoms. The van der Waals surface area contributed by atoms with Crippen molar-refractivity contribution in [3.63, 3.8) is 0 Å². The summed E-state index contributed by atoms with van der Waals surface area (Å²) in [5.74, 6) is 0.705. The van der Waals surface area contributed by atoms with Crippen LogP contribution in [0, 0.1) is 22.7 Å². The smallest absolute Gasteiger partial charge is 0.142 e. The Bertz CT molecular complexity index is 433. The van der Waals surface area contributed by atoms with E-state index in [0.29, 0.717) is 37.6 Å². The molecule has 0 aromatic carbocycles. The number of methoxy groups -OCH3 is 1. The lowest BCUT2D eigenvalue weighted by atomic mass is 10.3. The lowest BCUT2D eigenvalue weighted by Gasteiger charge is -2.22. The zero-order valence-corrected chi connectivity index (χ0v) is 9.76. The molecule has 0 saturated heterocycles. The van der Waals surface area contributed by atoms with Crippen LogP contribution in [-0.2, 0) is 4.74 Å². The first-order valence-corrected chi connectivity index (χ1v) is 5.29. The average Bonchev–Trinajstić information content (AvgIpc) is 2.39. The molecule has 0 aliphatic carbocycles. The monoisotopic (exact) mass is 230 g/mol. The fraction of sp³-hybridized carbons (Fsp3) is 0.417. The second-order valence-electron chi connectivity index (χ2n) is 3.38. The van der Waals surface area contributed by atoms with Crippen molar-refractivity contribution in [3.8, 4) is 12.1 Å². The third-order valence-corrected chi connectivity index (χ3v) is 2.23. The van der Waals surface area contributed by atoms with Crippen LogP contribution < -0.4 is 4.90 Å². The minimum atomic E-state index is 0.377. The largest absolute Gasteiger partial charge is 0.383 e. The van der Waals surface area contributed by atoms with Crippen LogP contribution in [0.3, 0.4) is 0 Å². The van der Waals surface area contributed by atoms with Crippen molar-refractivity contribution in [1.82, 2.24) is 4.98 Å². The van der Waals surface area contributed by atoms with Crippen LogP contribution in [0.2, 0.25) is 0 Å². The number of aromatic nitrogens is 1. The SMILES string of the molecule is COCCN(CCC#N)c1cccc(C#N)n1. The van der Waals surface area contributed by atoms with Crippen LogP contribution >= 0.6 is 0 Å². The highest BCUT2D eigenvalue weighted by atomic mass is 16.5. The summed E-state index contributed by atoms with van der Waals surface area (Å²) >= 11 is 0. The van der Waals surface area contributed by atoms with Crippen molar-refractivity contribution in [1.29, 1.82) is 10.5 Å². The Labute approximate surface area is 101 Å². The molecular weight excluding hydrogens is 216 g/mol. The van der Waals surface area contributed by atoms with Gasteiger partial charge in [-0.1, -0.05) is 6.07 Å². The van der Waals surface area contributed by atoms with Crippen LogP contribution in [0.5, 0.6) is 0 Å². The highest BCUT2D eigenvalue weighted by molar-refractivity contribution is 5.41. The standard InChI is InChI=1S/C12H14N4O/c1-17-9-8-16(7-3-6-13)12-5-2-4-11(10-14)15-12/h2,4-5H,3,7-9H2,1H3. The van der Waals surface area contributed by atoms with Crippen LogP contribution in [0.15, 0.2) is 18.2 Å². The van der Waals surface area contributed by atoms with E-state index in [1.165, 1.54) is 0 Å². The molecule has 17 heavy (non-hydrogen) atoms. The Balaban J connectivity index is 2.80. The van der Waals surface area contributed by atoms with E-state index in [1.54, 1.807) is 19.2 Å². The van der Waals surface area contributed by atoms with Crippen molar-refractivity contribution in [2.24, 2.45) is 0 Å². The summed E-state index contributed by atoms with van der Waals surface area (Å²) in [6, 6.07) is 9.37. The molecule has 1 aromatic rings. The number of hydrogen-bond acceptors (Lipinski definition) is 5. The molecule has 1 aromatic heterocycles. The van der Waals surface area contributed by atoms with Gasteiger partial charge in [-0.05, 0) is 12.1 Å². The van der Waals surface area contributed by atoms with E-state index in [-0.39, 0.29) is 0 Å². The minimum Gasteiger partial charge on any atom is -0.383 e. The lowest BCUT2D eigenvalue weighted by molar-refractivity contribution is 0.205. The van der Waals surface area contributed by atoms with Crippen LogP contribution in [-0.4, -0.2) is 31.8 Å². The van der Waals surface area contributed by atoms with Crippen LogP contribution in [0.1, 0.15) is 12.1 Å². The molecule has 0 radical (unpaired) electrons. The van der Waals surface area contributed by atoms with Gasteiger partial charge in [0.2, 0.25) is 0 Å². The van der Waals surface area contributed by atoms with Gasteiger partial charge in [0.25, 0.3) is 0 Å².